The van der Waals surface area contributed by atoms with E-state index in [-0.39, 0.29) is 5.82 Å². The maximum absolute atomic E-state index is 13.2. The van der Waals surface area contributed by atoms with E-state index in [0.29, 0.717) is 0 Å². The molecule has 1 aromatic carbocycles. The van der Waals surface area contributed by atoms with Gasteiger partial charge >= 0.3 is 0 Å². The summed E-state index contributed by atoms with van der Waals surface area (Å²) < 4.78 is 19.5. The van der Waals surface area contributed by atoms with Crippen molar-refractivity contribution in [2.45, 2.75) is 12.8 Å². The molecule has 0 N–H and O–H groups in total. The molecule has 1 aromatic rings. The molecule has 1 aliphatic heterocycles. The monoisotopic (exact) mass is 349 g/mol. The highest BCUT2D eigenvalue weighted by Crippen LogP contribution is 2.13. The first-order valence-corrected chi connectivity index (χ1v) is 7.07. The van der Waals surface area contributed by atoms with E-state index in [0.717, 1.165) is 54.8 Å². The number of nitrogens with zero attached hydrogens (tertiary/aromatic N) is 1. The van der Waals surface area contributed by atoms with Gasteiger partial charge in [-0.3, -0.25) is 4.90 Å². The van der Waals surface area contributed by atoms with Gasteiger partial charge in [0.1, 0.15) is 5.82 Å². The molecule has 0 unspecified atom stereocenters. The fourth-order valence-electron chi connectivity index (χ4n) is 2.09. The van der Waals surface area contributed by atoms with Crippen molar-refractivity contribution in [1.29, 1.82) is 0 Å². The van der Waals surface area contributed by atoms with Gasteiger partial charge in [-0.2, -0.15) is 0 Å². The van der Waals surface area contributed by atoms with Crippen molar-refractivity contribution in [3.8, 4) is 0 Å². The number of morpholine rings is 1. The number of hydrogen-bond acceptors (Lipinski definition) is 2. The second kappa shape index (κ2) is 6.66. The molecule has 0 radical (unpaired) electrons. The Hall–Kier alpha value is -0.200. The van der Waals surface area contributed by atoms with Gasteiger partial charge in [0.15, 0.2) is 0 Å². The number of ether oxygens (including phenoxy) is 1. The topological polar surface area (TPSA) is 12.5 Å². The van der Waals surface area contributed by atoms with Crippen LogP contribution < -0.4 is 0 Å². The maximum atomic E-state index is 13.2. The molecule has 0 aromatic heterocycles. The van der Waals surface area contributed by atoms with Crippen LogP contribution in [0.25, 0.3) is 0 Å². The van der Waals surface area contributed by atoms with Crippen LogP contribution in [0.15, 0.2) is 18.2 Å². The van der Waals surface area contributed by atoms with E-state index in [1.54, 1.807) is 12.1 Å². The maximum Gasteiger partial charge on any atom is 0.124 e. The van der Waals surface area contributed by atoms with Crippen molar-refractivity contribution >= 4 is 22.6 Å². The van der Waals surface area contributed by atoms with Crippen LogP contribution in [0.1, 0.15) is 12.0 Å². The molecule has 1 heterocycles. The molecule has 0 amide bonds. The third kappa shape index (κ3) is 4.52. The van der Waals surface area contributed by atoms with Crippen LogP contribution in [0, 0.1) is 9.39 Å². The summed E-state index contributed by atoms with van der Waals surface area (Å²) in [4.78, 5) is 2.41. The molecule has 2 nitrogen and oxygen atoms in total. The Morgan fingerprint density at radius 3 is 2.71 bits per heavy atom. The average molecular weight is 349 g/mol. The second-order valence-electron chi connectivity index (χ2n) is 4.34. The number of benzene rings is 1. The van der Waals surface area contributed by atoms with E-state index in [9.17, 15) is 4.39 Å². The lowest BCUT2D eigenvalue weighted by atomic mass is 10.1. The van der Waals surface area contributed by atoms with Gasteiger partial charge in [0.05, 0.1) is 13.2 Å². The third-order valence-corrected chi connectivity index (χ3v) is 3.59. The predicted molar refractivity (Wildman–Crippen MR) is 74.7 cm³/mol. The Balaban J connectivity index is 1.77. The Morgan fingerprint density at radius 2 is 2.00 bits per heavy atom. The highest BCUT2D eigenvalue weighted by Gasteiger charge is 2.09. The standard InChI is InChI=1S/C13H17FINO/c14-12-8-11(9-13(15)10-12)2-1-3-16-4-6-17-7-5-16/h8-10H,1-7H2. The Bertz CT molecular complexity index is 346. The van der Waals surface area contributed by atoms with Crippen LogP contribution >= 0.6 is 22.6 Å². The summed E-state index contributed by atoms with van der Waals surface area (Å²) in [5.74, 6) is -0.127. The normalized spacial score (nSPS) is 17.3. The van der Waals surface area contributed by atoms with Crippen LogP contribution in [0.5, 0.6) is 0 Å². The van der Waals surface area contributed by atoms with Crippen LogP contribution in [0.4, 0.5) is 4.39 Å². The van der Waals surface area contributed by atoms with Gasteiger partial charge in [-0.15, -0.1) is 0 Å². The SMILES string of the molecule is Fc1cc(I)cc(CCCN2CCOCC2)c1. The van der Waals surface area contributed by atoms with Gasteiger partial charge in [-0.25, -0.2) is 4.39 Å². The summed E-state index contributed by atoms with van der Waals surface area (Å²) >= 11 is 2.16. The van der Waals surface area contributed by atoms with Gasteiger partial charge in [-0.1, -0.05) is 0 Å². The first kappa shape index (κ1) is 13.2. The first-order valence-electron chi connectivity index (χ1n) is 5.99. The van der Waals surface area contributed by atoms with E-state index in [1.807, 2.05) is 0 Å². The van der Waals surface area contributed by atoms with Crippen molar-refractivity contribution < 1.29 is 9.13 Å². The molecule has 4 heteroatoms. The zero-order chi connectivity index (χ0) is 12.1. The van der Waals surface area contributed by atoms with Gasteiger partial charge in [-0.05, 0) is 65.7 Å². The van der Waals surface area contributed by atoms with Gasteiger partial charge in [0.25, 0.3) is 0 Å². The van der Waals surface area contributed by atoms with E-state index >= 15 is 0 Å². The van der Waals surface area contributed by atoms with E-state index in [1.165, 1.54) is 0 Å². The molecule has 0 aliphatic carbocycles. The summed E-state index contributed by atoms with van der Waals surface area (Å²) in [5.41, 5.74) is 1.10. The minimum absolute atomic E-state index is 0.127. The molecular formula is C13H17FINO. The molecule has 1 fully saturated rings. The molecular weight excluding hydrogens is 332 g/mol. The average Bonchev–Trinajstić information content (AvgIpc) is 2.29. The number of rotatable bonds is 4. The van der Waals surface area contributed by atoms with Crippen LogP contribution in [-0.4, -0.2) is 37.7 Å². The molecule has 0 spiro atoms. The van der Waals surface area contributed by atoms with Gasteiger partial charge < -0.3 is 4.74 Å². The van der Waals surface area contributed by atoms with Crippen molar-refractivity contribution in [3.63, 3.8) is 0 Å². The molecule has 1 saturated heterocycles. The molecule has 0 bridgehead atoms. The largest absolute Gasteiger partial charge is 0.379 e. The van der Waals surface area contributed by atoms with Gasteiger partial charge in [0, 0.05) is 16.7 Å². The Labute approximate surface area is 115 Å². The highest BCUT2D eigenvalue weighted by molar-refractivity contribution is 14.1. The van der Waals surface area contributed by atoms with Crippen molar-refractivity contribution in [1.82, 2.24) is 4.90 Å². The molecule has 1 aliphatic rings. The number of hydrogen-bond donors (Lipinski definition) is 0. The van der Waals surface area contributed by atoms with E-state index in [2.05, 4.69) is 33.6 Å². The molecule has 0 atom stereocenters. The highest BCUT2D eigenvalue weighted by atomic mass is 127. The van der Waals surface area contributed by atoms with Gasteiger partial charge in [0.2, 0.25) is 0 Å². The van der Waals surface area contributed by atoms with Crippen molar-refractivity contribution in [2.24, 2.45) is 0 Å². The Kier molecular flexibility index (Phi) is 5.18. The van der Waals surface area contributed by atoms with E-state index in [4.69, 9.17) is 4.74 Å². The lowest BCUT2D eigenvalue weighted by Crippen LogP contribution is -2.36. The Morgan fingerprint density at radius 1 is 1.24 bits per heavy atom. The summed E-state index contributed by atoms with van der Waals surface area (Å²) in [7, 11) is 0. The molecule has 0 saturated carbocycles. The summed E-state index contributed by atoms with van der Waals surface area (Å²) in [6.07, 6.45) is 2.03. The first-order chi connectivity index (χ1) is 8.24. The predicted octanol–water partition coefficient (Wildman–Crippen LogP) is 2.70. The zero-order valence-corrected chi connectivity index (χ0v) is 12.0. The summed E-state index contributed by atoms with van der Waals surface area (Å²) in [6, 6.07) is 5.26. The minimum Gasteiger partial charge on any atom is -0.379 e. The number of aryl methyl sites for hydroxylation is 1. The fourth-order valence-corrected chi connectivity index (χ4v) is 2.78. The van der Waals surface area contributed by atoms with Crippen LogP contribution in [0.3, 0.4) is 0 Å². The second-order valence-corrected chi connectivity index (χ2v) is 5.58. The van der Waals surface area contributed by atoms with Crippen molar-refractivity contribution in [3.05, 3.63) is 33.1 Å². The lowest BCUT2D eigenvalue weighted by molar-refractivity contribution is 0.0374. The minimum atomic E-state index is -0.127. The zero-order valence-electron chi connectivity index (χ0n) is 9.79. The molecule has 17 heavy (non-hydrogen) atoms. The fraction of sp³-hybridized carbons (Fsp3) is 0.538. The summed E-state index contributed by atoms with van der Waals surface area (Å²) in [6.45, 7) is 4.83. The van der Waals surface area contributed by atoms with Crippen LogP contribution in [-0.2, 0) is 11.2 Å². The quantitative estimate of drug-likeness (QED) is 0.775. The van der Waals surface area contributed by atoms with Crippen LogP contribution in [0.2, 0.25) is 0 Å². The smallest absolute Gasteiger partial charge is 0.124 e. The number of halogens is 2. The summed E-state index contributed by atoms with van der Waals surface area (Å²) in [5, 5.41) is 0. The molecule has 94 valence electrons. The third-order valence-electron chi connectivity index (χ3n) is 2.97. The lowest BCUT2D eigenvalue weighted by Gasteiger charge is -2.26. The van der Waals surface area contributed by atoms with Crippen molar-refractivity contribution in [2.75, 3.05) is 32.8 Å². The molecule has 2 rings (SSSR count). The van der Waals surface area contributed by atoms with E-state index < -0.39 is 0 Å².